The van der Waals surface area contributed by atoms with Gasteiger partial charge in [0.15, 0.2) is 6.61 Å². The number of hydrogen-bond acceptors (Lipinski definition) is 4. The highest BCUT2D eigenvalue weighted by Crippen LogP contribution is 2.15. The molecule has 142 valence electrons. The van der Waals surface area contributed by atoms with Crippen molar-refractivity contribution in [1.29, 1.82) is 0 Å². The third kappa shape index (κ3) is 5.95. The Kier molecular flexibility index (Phi) is 7.11. The number of nitrogens with zero attached hydrogens (tertiary/aromatic N) is 1. The second-order valence-electron chi connectivity index (χ2n) is 6.25. The molecule has 0 aliphatic heterocycles. The molecule has 6 heteroatoms. The second kappa shape index (κ2) is 9.52. The quantitative estimate of drug-likeness (QED) is 0.763. The van der Waals surface area contributed by atoms with Crippen LogP contribution in [0.1, 0.15) is 28.4 Å². The summed E-state index contributed by atoms with van der Waals surface area (Å²) in [4.78, 5) is 37.5. The molecule has 0 atom stereocenters. The predicted molar refractivity (Wildman–Crippen MR) is 104 cm³/mol. The molecule has 0 spiro atoms. The predicted octanol–water partition coefficient (Wildman–Crippen LogP) is 2.81. The van der Waals surface area contributed by atoms with E-state index in [1.54, 1.807) is 18.2 Å². The first-order valence-electron chi connectivity index (χ1n) is 8.76. The molecule has 1 N–H and O–H groups in total. The standard InChI is InChI=1S/C21H24N2O4/c1-4-16-9-5-6-11-18(16)22-19(24)13-23(3)20(25)14-27-21(26)17-10-7-8-15(2)12-17/h5-12H,4,13-14H2,1-3H3,(H,22,24). The van der Waals surface area contributed by atoms with Crippen molar-refractivity contribution in [3.8, 4) is 0 Å². The van der Waals surface area contributed by atoms with Crippen molar-refractivity contribution in [3.05, 3.63) is 65.2 Å². The molecule has 0 aliphatic carbocycles. The van der Waals surface area contributed by atoms with Gasteiger partial charge in [0.1, 0.15) is 0 Å². The van der Waals surface area contributed by atoms with E-state index in [0.717, 1.165) is 23.2 Å². The molecule has 0 aliphatic rings. The topological polar surface area (TPSA) is 75.7 Å². The second-order valence-corrected chi connectivity index (χ2v) is 6.25. The molecule has 0 radical (unpaired) electrons. The number of benzene rings is 2. The number of anilines is 1. The van der Waals surface area contributed by atoms with Crippen LogP contribution in [0.2, 0.25) is 0 Å². The van der Waals surface area contributed by atoms with Crippen molar-refractivity contribution in [2.24, 2.45) is 0 Å². The van der Waals surface area contributed by atoms with Gasteiger partial charge in [0.05, 0.1) is 12.1 Å². The summed E-state index contributed by atoms with van der Waals surface area (Å²) in [7, 11) is 1.49. The van der Waals surface area contributed by atoms with Crippen LogP contribution in [0.15, 0.2) is 48.5 Å². The zero-order valence-corrected chi connectivity index (χ0v) is 15.8. The third-order valence-corrected chi connectivity index (χ3v) is 4.06. The minimum atomic E-state index is -0.568. The van der Waals surface area contributed by atoms with Crippen LogP contribution in [0.5, 0.6) is 0 Å². The van der Waals surface area contributed by atoms with Gasteiger partial charge in [-0.3, -0.25) is 9.59 Å². The summed E-state index contributed by atoms with van der Waals surface area (Å²) in [5, 5.41) is 2.80. The van der Waals surface area contributed by atoms with Gasteiger partial charge in [-0.15, -0.1) is 0 Å². The van der Waals surface area contributed by atoms with E-state index in [4.69, 9.17) is 4.74 Å². The minimum absolute atomic E-state index is 0.126. The summed E-state index contributed by atoms with van der Waals surface area (Å²) >= 11 is 0. The Morgan fingerprint density at radius 3 is 2.52 bits per heavy atom. The zero-order valence-electron chi connectivity index (χ0n) is 15.8. The Morgan fingerprint density at radius 2 is 1.81 bits per heavy atom. The van der Waals surface area contributed by atoms with Crippen LogP contribution >= 0.6 is 0 Å². The number of carbonyl (C=O) groups is 3. The maximum Gasteiger partial charge on any atom is 0.338 e. The molecule has 0 heterocycles. The maximum atomic E-state index is 12.2. The number of amides is 2. The fraction of sp³-hybridized carbons (Fsp3) is 0.286. The number of ether oxygens (including phenoxy) is 1. The average molecular weight is 368 g/mol. The van der Waals surface area contributed by atoms with Crippen molar-refractivity contribution in [2.45, 2.75) is 20.3 Å². The van der Waals surface area contributed by atoms with Crippen LogP contribution in [0, 0.1) is 6.92 Å². The summed E-state index contributed by atoms with van der Waals surface area (Å²) in [6.45, 7) is 3.33. The molecule has 2 rings (SSSR count). The molecule has 0 unspecified atom stereocenters. The summed E-state index contributed by atoms with van der Waals surface area (Å²) in [5.74, 6) is -1.33. The number of esters is 1. The number of para-hydroxylation sites is 1. The summed E-state index contributed by atoms with van der Waals surface area (Å²) in [6, 6.07) is 14.4. The van der Waals surface area contributed by atoms with E-state index in [1.807, 2.05) is 44.2 Å². The summed E-state index contributed by atoms with van der Waals surface area (Å²) in [6.07, 6.45) is 0.792. The van der Waals surface area contributed by atoms with Gasteiger partial charge in [-0.25, -0.2) is 4.79 Å². The van der Waals surface area contributed by atoms with Crippen LogP contribution in [0.4, 0.5) is 5.69 Å². The molecular formula is C21H24N2O4. The number of nitrogens with one attached hydrogen (secondary N) is 1. The molecule has 6 nitrogen and oxygen atoms in total. The number of rotatable bonds is 7. The number of aryl methyl sites for hydroxylation is 2. The number of likely N-dealkylation sites (N-methyl/N-ethyl adjacent to an activating group) is 1. The normalized spacial score (nSPS) is 10.2. The van der Waals surface area contributed by atoms with Crippen LogP contribution in [0.3, 0.4) is 0 Å². The van der Waals surface area contributed by atoms with Gasteiger partial charge in [0, 0.05) is 12.7 Å². The number of hydrogen-bond donors (Lipinski definition) is 1. The third-order valence-electron chi connectivity index (χ3n) is 4.06. The fourth-order valence-corrected chi connectivity index (χ4v) is 2.54. The van der Waals surface area contributed by atoms with Gasteiger partial charge in [0.25, 0.3) is 5.91 Å². The van der Waals surface area contributed by atoms with E-state index < -0.39 is 18.5 Å². The highest BCUT2D eigenvalue weighted by molar-refractivity contribution is 5.96. The van der Waals surface area contributed by atoms with E-state index in [9.17, 15) is 14.4 Å². The van der Waals surface area contributed by atoms with Gasteiger partial charge in [-0.1, -0.05) is 42.8 Å². The van der Waals surface area contributed by atoms with Crippen molar-refractivity contribution < 1.29 is 19.1 Å². The summed E-state index contributed by atoms with van der Waals surface area (Å²) in [5.41, 5.74) is 3.07. The Balaban J connectivity index is 1.84. The average Bonchev–Trinajstić information content (AvgIpc) is 2.66. The van der Waals surface area contributed by atoms with E-state index in [0.29, 0.717) is 5.56 Å². The molecular weight excluding hydrogens is 344 g/mol. The Morgan fingerprint density at radius 1 is 1.07 bits per heavy atom. The van der Waals surface area contributed by atoms with Crippen LogP contribution in [-0.2, 0) is 20.7 Å². The van der Waals surface area contributed by atoms with E-state index >= 15 is 0 Å². The lowest BCUT2D eigenvalue weighted by Gasteiger charge is -2.17. The van der Waals surface area contributed by atoms with Crippen LogP contribution in [-0.4, -0.2) is 42.9 Å². The Hall–Kier alpha value is -3.15. The lowest BCUT2D eigenvalue weighted by atomic mass is 10.1. The van der Waals surface area contributed by atoms with E-state index in [1.165, 1.54) is 11.9 Å². The highest BCUT2D eigenvalue weighted by atomic mass is 16.5. The monoisotopic (exact) mass is 368 g/mol. The first-order chi connectivity index (χ1) is 12.9. The van der Waals surface area contributed by atoms with Gasteiger partial charge < -0.3 is 15.0 Å². The first-order valence-corrected chi connectivity index (χ1v) is 8.76. The van der Waals surface area contributed by atoms with Gasteiger partial charge in [-0.2, -0.15) is 0 Å². The SMILES string of the molecule is CCc1ccccc1NC(=O)CN(C)C(=O)COC(=O)c1cccc(C)c1. The molecule has 2 aromatic rings. The van der Waals surface area contributed by atoms with Gasteiger partial charge in [-0.05, 0) is 37.1 Å². The van der Waals surface area contributed by atoms with Crippen LogP contribution in [0.25, 0.3) is 0 Å². The minimum Gasteiger partial charge on any atom is -0.452 e. The van der Waals surface area contributed by atoms with Gasteiger partial charge >= 0.3 is 5.97 Å². The Bertz CT molecular complexity index is 832. The molecule has 0 aromatic heterocycles. The number of carbonyl (C=O) groups excluding carboxylic acids is 3. The van der Waals surface area contributed by atoms with Crippen molar-refractivity contribution in [3.63, 3.8) is 0 Å². The van der Waals surface area contributed by atoms with E-state index in [-0.39, 0.29) is 12.5 Å². The molecule has 0 bridgehead atoms. The lowest BCUT2D eigenvalue weighted by molar-refractivity contribution is -0.136. The smallest absolute Gasteiger partial charge is 0.338 e. The molecule has 27 heavy (non-hydrogen) atoms. The maximum absolute atomic E-state index is 12.2. The molecule has 0 saturated carbocycles. The molecule has 2 aromatic carbocycles. The molecule has 2 amide bonds. The van der Waals surface area contributed by atoms with Crippen molar-refractivity contribution in [2.75, 3.05) is 25.5 Å². The molecule has 0 fully saturated rings. The van der Waals surface area contributed by atoms with Gasteiger partial charge in [0.2, 0.25) is 5.91 Å². The van der Waals surface area contributed by atoms with Crippen LogP contribution < -0.4 is 5.32 Å². The van der Waals surface area contributed by atoms with Crippen molar-refractivity contribution >= 4 is 23.5 Å². The van der Waals surface area contributed by atoms with E-state index in [2.05, 4.69) is 5.32 Å². The van der Waals surface area contributed by atoms with Crippen molar-refractivity contribution in [1.82, 2.24) is 4.90 Å². The largest absolute Gasteiger partial charge is 0.452 e. The molecule has 0 saturated heterocycles. The zero-order chi connectivity index (χ0) is 19.8. The Labute approximate surface area is 159 Å². The summed E-state index contributed by atoms with van der Waals surface area (Å²) < 4.78 is 5.04. The highest BCUT2D eigenvalue weighted by Gasteiger charge is 2.16. The fourth-order valence-electron chi connectivity index (χ4n) is 2.54. The lowest BCUT2D eigenvalue weighted by Crippen LogP contribution is -2.37. The first kappa shape index (κ1) is 20.2.